The summed E-state index contributed by atoms with van der Waals surface area (Å²) in [5, 5.41) is 8.29. The molecule has 18 heavy (non-hydrogen) atoms. The lowest BCUT2D eigenvalue weighted by atomic mass is 9.92. The fraction of sp³-hybridized carbons (Fsp3) is 0.467. The topological polar surface area (TPSA) is 37.2 Å². The molecule has 1 aliphatic rings. The van der Waals surface area contributed by atoms with E-state index in [-0.39, 0.29) is 0 Å². The summed E-state index contributed by atoms with van der Waals surface area (Å²) in [5.74, 6) is 0. The van der Waals surface area contributed by atoms with Crippen molar-refractivity contribution in [3.63, 3.8) is 0 Å². The van der Waals surface area contributed by atoms with Gasteiger partial charge in [0.2, 0.25) is 0 Å². The third-order valence-electron chi connectivity index (χ3n) is 3.91. The maximum atomic E-state index is 5.65. The second-order valence-corrected chi connectivity index (χ2v) is 5.01. The van der Waals surface area contributed by atoms with Gasteiger partial charge in [0.25, 0.3) is 0 Å². The van der Waals surface area contributed by atoms with Crippen LogP contribution in [0.2, 0.25) is 0 Å². The van der Waals surface area contributed by atoms with Gasteiger partial charge < -0.3 is 15.1 Å². The minimum Gasteiger partial charge on any atom is -0.464 e. The Balaban J connectivity index is 1.95. The highest BCUT2D eigenvalue weighted by atomic mass is 16.3. The largest absolute Gasteiger partial charge is 0.464 e. The summed E-state index contributed by atoms with van der Waals surface area (Å²) < 4.78 is 5.65. The van der Waals surface area contributed by atoms with Gasteiger partial charge in [-0.15, -0.1) is 0 Å². The van der Waals surface area contributed by atoms with Crippen molar-refractivity contribution < 1.29 is 4.42 Å². The van der Waals surface area contributed by atoms with Crippen LogP contribution >= 0.6 is 0 Å². The number of hydrogen-bond acceptors (Lipinski definition) is 3. The number of likely N-dealkylation sites (N-methyl/N-ethyl adjacent to an activating group) is 1. The van der Waals surface area contributed by atoms with E-state index in [1.807, 2.05) is 25.4 Å². The molecule has 3 heteroatoms. The highest BCUT2D eigenvalue weighted by Gasteiger charge is 2.25. The van der Waals surface area contributed by atoms with Gasteiger partial charge >= 0.3 is 0 Å². The molecule has 96 valence electrons. The van der Waals surface area contributed by atoms with Gasteiger partial charge in [-0.05, 0) is 32.5 Å². The summed E-state index contributed by atoms with van der Waals surface area (Å²) >= 11 is 0. The molecule has 0 saturated carbocycles. The van der Waals surface area contributed by atoms with Crippen molar-refractivity contribution in [2.75, 3.05) is 13.6 Å². The van der Waals surface area contributed by atoms with Crippen LogP contribution in [0.25, 0.3) is 11.0 Å². The second-order valence-electron chi connectivity index (χ2n) is 5.01. The first kappa shape index (κ1) is 11.8. The molecule has 3 nitrogen and oxygen atoms in total. The molecule has 2 N–H and O–H groups in total. The van der Waals surface area contributed by atoms with Crippen molar-refractivity contribution in [3.8, 4) is 0 Å². The maximum Gasteiger partial charge on any atom is 0.134 e. The average molecular weight is 244 g/mol. The van der Waals surface area contributed by atoms with Crippen LogP contribution in [-0.2, 0) is 0 Å². The first-order chi connectivity index (χ1) is 8.90. The van der Waals surface area contributed by atoms with Crippen LogP contribution in [0, 0.1) is 0 Å². The van der Waals surface area contributed by atoms with Crippen LogP contribution in [0.3, 0.4) is 0 Å². The van der Waals surface area contributed by atoms with Crippen LogP contribution in [0.15, 0.2) is 34.9 Å². The van der Waals surface area contributed by atoms with Gasteiger partial charge in [-0.1, -0.05) is 24.6 Å². The van der Waals surface area contributed by atoms with Gasteiger partial charge in [-0.3, -0.25) is 0 Å². The van der Waals surface area contributed by atoms with Crippen molar-refractivity contribution in [2.45, 2.75) is 31.3 Å². The Morgan fingerprint density at radius 1 is 1.33 bits per heavy atom. The van der Waals surface area contributed by atoms with E-state index in [0.717, 1.165) is 12.1 Å². The molecule has 1 aromatic heterocycles. The first-order valence-electron chi connectivity index (χ1n) is 6.77. The zero-order valence-electron chi connectivity index (χ0n) is 10.8. The average Bonchev–Trinajstić information content (AvgIpc) is 2.85. The summed E-state index contributed by atoms with van der Waals surface area (Å²) in [6.45, 7) is 1.12. The number of benzene rings is 1. The molecule has 1 saturated heterocycles. The monoisotopic (exact) mass is 244 g/mol. The maximum absolute atomic E-state index is 5.65. The lowest BCUT2D eigenvalue weighted by Gasteiger charge is -2.30. The standard InChI is InChI=1S/C15H20N2O/c1-16-15(13-7-4-5-9-17-13)12-10-18-14-8-3-2-6-11(12)14/h2-3,6,8,10,13,15-17H,4-5,7,9H2,1H3. The fourth-order valence-corrected chi connectivity index (χ4v) is 2.98. The van der Waals surface area contributed by atoms with E-state index in [1.165, 1.54) is 30.2 Å². The Morgan fingerprint density at radius 2 is 2.22 bits per heavy atom. The molecule has 2 atom stereocenters. The van der Waals surface area contributed by atoms with Crippen molar-refractivity contribution in [2.24, 2.45) is 0 Å². The van der Waals surface area contributed by atoms with Crippen molar-refractivity contribution in [3.05, 3.63) is 36.1 Å². The van der Waals surface area contributed by atoms with Crippen molar-refractivity contribution >= 4 is 11.0 Å². The molecule has 0 spiro atoms. The lowest BCUT2D eigenvalue weighted by molar-refractivity contribution is 0.326. The van der Waals surface area contributed by atoms with Crippen LogP contribution in [0.4, 0.5) is 0 Å². The van der Waals surface area contributed by atoms with Gasteiger partial charge in [0.1, 0.15) is 5.58 Å². The van der Waals surface area contributed by atoms with E-state index in [2.05, 4.69) is 22.8 Å². The molecule has 0 radical (unpaired) electrons. The van der Waals surface area contributed by atoms with Gasteiger partial charge in [0, 0.05) is 17.0 Å². The molecule has 2 unspecified atom stereocenters. The van der Waals surface area contributed by atoms with Gasteiger partial charge in [-0.25, -0.2) is 0 Å². The van der Waals surface area contributed by atoms with Crippen molar-refractivity contribution in [1.82, 2.24) is 10.6 Å². The molecule has 2 aromatic rings. The Kier molecular flexibility index (Phi) is 3.35. The van der Waals surface area contributed by atoms with Gasteiger partial charge in [0.05, 0.1) is 12.3 Å². The number of hydrogen-bond donors (Lipinski definition) is 2. The Labute approximate surface area is 108 Å². The molecule has 1 aromatic carbocycles. The van der Waals surface area contributed by atoms with Crippen LogP contribution in [0.5, 0.6) is 0 Å². The van der Waals surface area contributed by atoms with Gasteiger partial charge in [0.15, 0.2) is 0 Å². The number of para-hydroxylation sites is 1. The van der Waals surface area contributed by atoms with E-state index in [4.69, 9.17) is 4.42 Å². The molecule has 1 aliphatic heterocycles. The van der Waals surface area contributed by atoms with Crippen LogP contribution in [0.1, 0.15) is 30.9 Å². The van der Waals surface area contributed by atoms with Crippen LogP contribution in [-0.4, -0.2) is 19.6 Å². The third kappa shape index (κ3) is 2.04. The molecule has 3 rings (SSSR count). The summed E-state index contributed by atoms with van der Waals surface area (Å²) in [7, 11) is 2.03. The van der Waals surface area contributed by atoms with E-state index >= 15 is 0 Å². The first-order valence-corrected chi connectivity index (χ1v) is 6.77. The Hall–Kier alpha value is -1.32. The van der Waals surface area contributed by atoms with Gasteiger partial charge in [-0.2, -0.15) is 0 Å². The fourth-order valence-electron chi connectivity index (χ4n) is 2.98. The third-order valence-corrected chi connectivity index (χ3v) is 3.91. The van der Waals surface area contributed by atoms with E-state index in [1.54, 1.807) is 0 Å². The normalized spacial score (nSPS) is 22.2. The minimum absolute atomic E-state index is 0.328. The Morgan fingerprint density at radius 3 is 3.00 bits per heavy atom. The predicted octanol–water partition coefficient (Wildman–Crippen LogP) is 2.84. The summed E-state index contributed by atoms with van der Waals surface area (Å²) in [5.41, 5.74) is 2.25. The van der Waals surface area contributed by atoms with Crippen LogP contribution < -0.4 is 10.6 Å². The molecule has 1 fully saturated rings. The van der Waals surface area contributed by atoms with E-state index < -0.39 is 0 Å². The number of nitrogens with one attached hydrogen (secondary N) is 2. The van der Waals surface area contributed by atoms with E-state index in [9.17, 15) is 0 Å². The highest BCUT2D eigenvalue weighted by molar-refractivity contribution is 5.81. The molecular formula is C15H20N2O. The molecule has 0 amide bonds. The van der Waals surface area contributed by atoms with Crippen molar-refractivity contribution in [1.29, 1.82) is 0 Å². The molecule has 0 bridgehead atoms. The minimum atomic E-state index is 0.328. The number of piperidine rings is 1. The SMILES string of the molecule is CNC(c1coc2ccccc12)C1CCCCN1. The highest BCUT2D eigenvalue weighted by Crippen LogP contribution is 2.30. The smallest absolute Gasteiger partial charge is 0.134 e. The quantitative estimate of drug-likeness (QED) is 0.871. The molecule has 2 heterocycles. The van der Waals surface area contributed by atoms with E-state index in [0.29, 0.717) is 12.1 Å². The summed E-state index contributed by atoms with van der Waals surface area (Å²) in [4.78, 5) is 0. The second kappa shape index (κ2) is 5.12. The predicted molar refractivity (Wildman–Crippen MR) is 73.7 cm³/mol. The Bertz CT molecular complexity index is 514. The molecule has 0 aliphatic carbocycles. The number of fused-ring (bicyclic) bond motifs is 1. The number of furan rings is 1. The summed E-state index contributed by atoms with van der Waals surface area (Å²) in [6, 6.07) is 9.09. The zero-order chi connectivity index (χ0) is 12.4. The molecular weight excluding hydrogens is 224 g/mol. The lowest BCUT2D eigenvalue weighted by Crippen LogP contribution is -2.43. The zero-order valence-corrected chi connectivity index (χ0v) is 10.8. The summed E-state index contributed by atoms with van der Waals surface area (Å²) in [6.07, 6.45) is 5.73. The number of rotatable bonds is 3.